The molecule has 0 aliphatic rings. The molecule has 2 atom stereocenters. The van der Waals surface area contributed by atoms with E-state index in [1.54, 1.807) is 13.3 Å². The van der Waals surface area contributed by atoms with Crippen molar-refractivity contribution < 1.29 is 4.74 Å². The maximum absolute atomic E-state index is 5.31. The lowest BCUT2D eigenvalue weighted by Crippen LogP contribution is -2.18. The normalized spacial score (nSPS) is 14.2. The van der Waals surface area contributed by atoms with Crippen LogP contribution in [0.15, 0.2) is 12.3 Å². The standard InChI is InChI=1S/C14H24N2O/c1-6-10(2)7-12(4)16-13-8-11(3)15-9-14(13)17-5/h8-10,12H,6-7H2,1-5H3,(H,15,16). The maximum Gasteiger partial charge on any atom is 0.160 e. The second-order valence-electron chi connectivity index (χ2n) is 4.82. The summed E-state index contributed by atoms with van der Waals surface area (Å²) >= 11 is 0. The number of anilines is 1. The minimum atomic E-state index is 0.445. The zero-order valence-corrected chi connectivity index (χ0v) is 11.6. The summed E-state index contributed by atoms with van der Waals surface area (Å²) in [6.45, 7) is 8.72. The van der Waals surface area contributed by atoms with E-state index in [9.17, 15) is 0 Å². The van der Waals surface area contributed by atoms with Crippen molar-refractivity contribution in [2.24, 2.45) is 5.92 Å². The Kier molecular flexibility index (Phi) is 5.26. The summed E-state index contributed by atoms with van der Waals surface area (Å²) in [5.41, 5.74) is 2.04. The average molecular weight is 236 g/mol. The zero-order valence-electron chi connectivity index (χ0n) is 11.6. The van der Waals surface area contributed by atoms with Gasteiger partial charge in [-0.3, -0.25) is 4.98 Å². The van der Waals surface area contributed by atoms with Crippen LogP contribution >= 0.6 is 0 Å². The summed E-state index contributed by atoms with van der Waals surface area (Å²) in [7, 11) is 1.68. The molecule has 2 unspecified atom stereocenters. The Balaban J connectivity index is 2.69. The van der Waals surface area contributed by atoms with Gasteiger partial charge in [0.15, 0.2) is 5.75 Å². The van der Waals surface area contributed by atoms with E-state index in [2.05, 4.69) is 31.1 Å². The van der Waals surface area contributed by atoms with Crippen LogP contribution < -0.4 is 10.1 Å². The first-order chi connectivity index (χ1) is 8.06. The van der Waals surface area contributed by atoms with Gasteiger partial charge in [-0.1, -0.05) is 20.3 Å². The van der Waals surface area contributed by atoms with E-state index >= 15 is 0 Å². The van der Waals surface area contributed by atoms with Gasteiger partial charge in [0.05, 0.1) is 19.0 Å². The highest BCUT2D eigenvalue weighted by Crippen LogP contribution is 2.25. The van der Waals surface area contributed by atoms with Gasteiger partial charge in [0.25, 0.3) is 0 Å². The summed E-state index contributed by atoms with van der Waals surface area (Å²) in [6, 6.07) is 2.48. The number of hydrogen-bond acceptors (Lipinski definition) is 3. The Morgan fingerprint density at radius 2 is 2.12 bits per heavy atom. The van der Waals surface area contributed by atoms with E-state index in [-0.39, 0.29) is 0 Å². The van der Waals surface area contributed by atoms with Crippen molar-refractivity contribution in [3.05, 3.63) is 18.0 Å². The molecule has 0 radical (unpaired) electrons. The van der Waals surface area contributed by atoms with Crippen LogP contribution in [-0.2, 0) is 0 Å². The first-order valence-electron chi connectivity index (χ1n) is 6.34. The lowest BCUT2D eigenvalue weighted by atomic mass is 10.0. The first-order valence-corrected chi connectivity index (χ1v) is 6.34. The topological polar surface area (TPSA) is 34.2 Å². The zero-order chi connectivity index (χ0) is 12.8. The van der Waals surface area contributed by atoms with E-state index in [0.717, 1.165) is 23.0 Å². The van der Waals surface area contributed by atoms with Crippen LogP contribution in [0.5, 0.6) is 5.75 Å². The molecule has 3 heteroatoms. The number of pyridine rings is 1. The number of hydrogen-bond donors (Lipinski definition) is 1. The summed E-state index contributed by atoms with van der Waals surface area (Å²) in [4.78, 5) is 4.23. The van der Waals surface area contributed by atoms with Gasteiger partial charge in [-0.05, 0) is 32.3 Å². The van der Waals surface area contributed by atoms with Crippen molar-refractivity contribution in [3.63, 3.8) is 0 Å². The molecule has 0 bridgehead atoms. The minimum absolute atomic E-state index is 0.445. The molecule has 0 fully saturated rings. The molecule has 1 aromatic heterocycles. The van der Waals surface area contributed by atoms with Crippen LogP contribution in [0.4, 0.5) is 5.69 Å². The second kappa shape index (κ2) is 6.48. The molecule has 0 saturated heterocycles. The molecule has 17 heavy (non-hydrogen) atoms. The third kappa shape index (κ3) is 4.25. The predicted octanol–water partition coefficient (Wildman–Crippen LogP) is 3.64. The minimum Gasteiger partial charge on any atom is -0.493 e. The van der Waals surface area contributed by atoms with Crippen molar-refractivity contribution in [3.8, 4) is 5.75 Å². The Morgan fingerprint density at radius 1 is 1.41 bits per heavy atom. The van der Waals surface area contributed by atoms with E-state index in [0.29, 0.717) is 6.04 Å². The number of methoxy groups -OCH3 is 1. The number of nitrogens with one attached hydrogen (secondary N) is 1. The average Bonchev–Trinajstić information content (AvgIpc) is 2.29. The largest absolute Gasteiger partial charge is 0.493 e. The van der Waals surface area contributed by atoms with Crippen molar-refractivity contribution in [1.29, 1.82) is 0 Å². The number of ether oxygens (including phenoxy) is 1. The molecule has 0 spiro atoms. The van der Waals surface area contributed by atoms with Gasteiger partial charge in [0, 0.05) is 11.7 Å². The quantitative estimate of drug-likeness (QED) is 0.819. The highest BCUT2D eigenvalue weighted by Gasteiger charge is 2.10. The van der Waals surface area contributed by atoms with Gasteiger partial charge in [-0.2, -0.15) is 0 Å². The molecule has 1 rings (SSSR count). The monoisotopic (exact) mass is 236 g/mol. The van der Waals surface area contributed by atoms with Gasteiger partial charge in [-0.15, -0.1) is 0 Å². The van der Waals surface area contributed by atoms with Crippen LogP contribution in [0.3, 0.4) is 0 Å². The molecule has 1 N–H and O–H groups in total. The Bertz CT molecular complexity index is 352. The summed E-state index contributed by atoms with van der Waals surface area (Å²) in [5.74, 6) is 1.55. The Morgan fingerprint density at radius 3 is 2.71 bits per heavy atom. The molecule has 3 nitrogen and oxygen atoms in total. The van der Waals surface area contributed by atoms with Gasteiger partial charge in [-0.25, -0.2) is 0 Å². The third-order valence-corrected chi connectivity index (χ3v) is 3.08. The van der Waals surface area contributed by atoms with E-state index in [1.165, 1.54) is 12.8 Å². The highest BCUT2D eigenvalue weighted by molar-refractivity contribution is 5.56. The van der Waals surface area contributed by atoms with E-state index < -0.39 is 0 Å². The van der Waals surface area contributed by atoms with Crippen molar-refractivity contribution in [2.45, 2.75) is 46.6 Å². The molecule has 1 heterocycles. The fourth-order valence-electron chi connectivity index (χ4n) is 1.92. The lowest BCUT2D eigenvalue weighted by molar-refractivity contribution is 0.412. The fraction of sp³-hybridized carbons (Fsp3) is 0.643. The molecule has 0 amide bonds. The molecular weight excluding hydrogens is 212 g/mol. The lowest BCUT2D eigenvalue weighted by Gasteiger charge is -2.20. The summed E-state index contributed by atoms with van der Waals surface area (Å²) < 4.78 is 5.31. The van der Waals surface area contributed by atoms with Crippen LogP contribution in [0, 0.1) is 12.8 Å². The van der Waals surface area contributed by atoms with Gasteiger partial charge >= 0.3 is 0 Å². The van der Waals surface area contributed by atoms with Gasteiger partial charge < -0.3 is 10.1 Å². The molecule has 96 valence electrons. The Labute approximate surface area is 105 Å². The molecule has 0 aromatic carbocycles. The molecule has 0 aliphatic carbocycles. The van der Waals surface area contributed by atoms with Crippen LogP contribution in [0.2, 0.25) is 0 Å². The predicted molar refractivity (Wildman–Crippen MR) is 72.7 cm³/mol. The van der Waals surface area contributed by atoms with Crippen molar-refractivity contribution in [2.75, 3.05) is 12.4 Å². The molecule has 0 saturated carbocycles. The highest BCUT2D eigenvalue weighted by atomic mass is 16.5. The second-order valence-corrected chi connectivity index (χ2v) is 4.82. The van der Waals surface area contributed by atoms with E-state index in [4.69, 9.17) is 4.74 Å². The number of aromatic nitrogens is 1. The van der Waals surface area contributed by atoms with Crippen molar-refractivity contribution in [1.82, 2.24) is 4.98 Å². The number of aryl methyl sites for hydroxylation is 1. The smallest absolute Gasteiger partial charge is 0.160 e. The van der Waals surface area contributed by atoms with Crippen LogP contribution in [0.25, 0.3) is 0 Å². The number of rotatable bonds is 6. The number of nitrogens with zero attached hydrogens (tertiary/aromatic N) is 1. The molecular formula is C14H24N2O. The van der Waals surface area contributed by atoms with Gasteiger partial charge in [0.2, 0.25) is 0 Å². The van der Waals surface area contributed by atoms with Gasteiger partial charge in [0.1, 0.15) is 0 Å². The van der Waals surface area contributed by atoms with Crippen LogP contribution in [0.1, 0.15) is 39.3 Å². The maximum atomic E-state index is 5.31. The first kappa shape index (κ1) is 13.8. The summed E-state index contributed by atoms with van der Waals surface area (Å²) in [5, 5.41) is 3.50. The molecule has 0 aliphatic heterocycles. The Hall–Kier alpha value is -1.25. The van der Waals surface area contributed by atoms with Crippen molar-refractivity contribution >= 4 is 5.69 Å². The third-order valence-electron chi connectivity index (χ3n) is 3.08. The molecule has 1 aromatic rings. The van der Waals surface area contributed by atoms with Crippen LogP contribution in [-0.4, -0.2) is 18.1 Å². The summed E-state index contributed by atoms with van der Waals surface area (Å²) in [6.07, 6.45) is 4.16. The SMILES string of the molecule is CCC(C)CC(C)Nc1cc(C)ncc1OC. The van der Waals surface area contributed by atoms with E-state index in [1.807, 2.05) is 13.0 Å². The fourth-order valence-corrected chi connectivity index (χ4v) is 1.92.